The summed E-state index contributed by atoms with van der Waals surface area (Å²) in [6.07, 6.45) is 3.69. The van der Waals surface area contributed by atoms with Crippen molar-refractivity contribution >= 4 is 27.5 Å². The highest BCUT2D eigenvalue weighted by Gasteiger charge is 2.30. The minimum Gasteiger partial charge on any atom is -0.459 e. The maximum Gasteiger partial charge on any atom is 0.316 e. The van der Waals surface area contributed by atoms with E-state index in [0.717, 1.165) is 5.56 Å². The molecule has 0 aromatic heterocycles. The Morgan fingerprint density at radius 2 is 1.77 bits per heavy atom. The van der Waals surface area contributed by atoms with Crippen LogP contribution in [0, 0.1) is 12.8 Å². The second-order valence-electron chi connectivity index (χ2n) is 8.30. The van der Waals surface area contributed by atoms with Crippen molar-refractivity contribution in [2.45, 2.75) is 63.9 Å². The first kappa shape index (κ1) is 26.4. The maximum absolute atomic E-state index is 12.7. The summed E-state index contributed by atoms with van der Waals surface area (Å²) in [5.41, 5.74) is 10.6. The summed E-state index contributed by atoms with van der Waals surface area (Å²) in [6, 6.07) is 6.58. The Morgan fingerprint density at radius 3 is 2.32 bits per heavy atom. The molecule has 4 N–H and O–H groups in total. The minimum absolute atomic E-state index is 0.0884. The van der Waals surface area contributed by atoms with E-state index < -0.39 is 27.3 Å². The minimum atomic E-state index is -3.50. The molecule has 1 aromatic rings. The third-order valence-electron chi connectivity index (χ3n) is 4.25. The highest BCUT2D eigenvalue weighted by atomic mass is 32.2. The van der Waals surface area contributed by atoms with E-state index in [9.17, 15) is 18.0 Å². The van der Waals surface area contributed by atoms with Crippen LogP contribution in [0.15, 0.2) is 46.4 Å². The van der Waals surface area contributed by atoms with E-state index in [2.05, 4.69) is 4.99 Å². The quantitative estimate of drug-likeness (QED) is 0.228. The van der Waals surface area contributed by atoms with Gasteiger partial charge in [0.2, 0.25) is 0 Å². The Labute approximate surface area is 184 Å². The van der Waals surface area contributed by atoms with Crippen molar-refractivity contribution in [3.8, 4) is 0 Å². The lowest BCUT2D eigenvalue weighted by Crippen LogP contribution is -2.33. The number of ketones is 1. The number of sulfone groups is 1. The van der Waals surface area contributed by atoms with E-state index in [4.69, 9.17) is 16.2 Å². The Balaban J connectivity index is 2.80. The van der Waals surface area contributed by atoms with Crippen molar-refractivity contribution < 1.29 is 22.7 Å². The molecule has 0 saturated carbocycles. The third-order valence-corrected chi connectivity index (χ3v) is 6.07. The molecular weight excluding hydrogens is 418 g/mol. The predicted molar refractivity (Wildman–Crippen MR) is 121 cm³/mol. The van der Waals surface area contributed by atoms with E-state index in [1.54, 1.807) is 51.1 Å². The summed E-state index contributed by atoms with van der Waals surface area (Å²) < 4.78 is 30.5. The number of carbonyl (C=O) groups excluding carboxylic acids is 2. The van der Waals surface area contributed by atoms with Gasteiger partial charge in [0.25, 0.3) is 0 Å². The highest BCUT2D eigenvalue weighted by molar-refractivity contribution is 7.91. The molecule has 1 aromatic carbocycles. The smallest absolute Gasteiger partial charge is 0.316 e. The lowest BCUT2D eigenvalue weighted by atomic mass is 9.95. The topological polar surface area (TPSA) is 142 Å². The van der Waals surface area contributed by atoms with Gasteiger partial charge in [-0.15, -0.1) is 0 Å². The van der Waals surface area contributed by atoms with Crippen LogP contribution in [0.2, 0.25) is 0 Å². The number of hydrogen-bond acceptors (Lipinski definition) is 6. The maximum atomic E-state index is 12.7. The van der Waals surface area contributed by atoms with Crippen LogP contribution in [-0.4, -0.2) is 37.5 Å². The van der Waals surface area contributed by atoms with Crippen molar-refractivity contribution in [1.29, 1.82) is 0 Å². The van der Waals surface area contributed by atoms with Crippen molar-refractivity contribution in [1.82, 2.24) is 0 Å². The van der Waals surface area contributed by atoms with Gasteiger partial charge < -0.3 is 16.2 Å². The molecule has 0 aliphatic carbocycles. The molecule has 0 aliphatic rings. The number of nitrogens with zero attached hydrogens (tertiary/aromatic N) is 1. The number of aliphatic imine (C=N–C) groups is 1. The number of nitrogens with two attached hydrogens (primary N) is 2. The highest BCUT2D eigenvalue weighted by Crippen LogP contribution is 2.20. The fraction of sp³-hybridized carbons (Fsp3) is 0.500. The molecule has 1 atom stereocenters. The van der Waals surface area contributed by atoms with Crippen LogP contribution in [-0.2, 0) is 24.2 Å². The lowest BCUT2D eigenvalue weighted by Gasteiger charge is -2.23. The molecule has 0 fully saturated rings. The van der Waals surface area contributed by atoms with Crippen molar-refractivity contribution in [2.24, 2.45) is 22.4 Å². The number of ether oxygens (including phenoxy) is 1. The van der Waals surface area contributed by atoms with Crippen LogP contribution in [0.25, 0.3) is 0 Å². The lowest BCUT2D eigenvalue weighted by molar-refractivity contribution is -0.162. The van der Waals surface area contributed by atoms with Crippen molar-refractivity contribution in [2.75, 3.05) is 5.75 Å². The van der Waals surface area contributed by atoms with Gasteiger partial charge in [-0.05, 0) is 59.1 Å². The summed E-state index contributed by atoms with van der Waals surface area (Å²) in [5.74, 6) is -2.23. The van der Waals surface area contributed by atoms with E-state index in [1.165, 1.54) is 6.20 Å². The van der Waals surface area contributed by atoms with Gasteiger partial charge in [-0.1, -0.05) is 23.8 Å². The first-order valence-corrected chi connectivity index (χ1v) is 11.8. The summed E-state index contributed by atoms with van der Waals surface area (Å²) in [6.45, 7) is 7.02. The summed E-state index contributed by atoms with van der Waals surface area (Å²) >= 11 is 0. The first-order chi connectivity index (χ1) is 14.3. The van der Waals surface area contributed by atoms with Crippen LogP contribution in [0.4, 0.5) is 0 Å². The summed E-state index contributed by atoms with van der Waals surface area (Å²) in [4.78, 5) is 29.1. The number of esters is 1. The van der Waals surface area contributed by atoms with Crippen LogP contribution in [0.5, 0.6) is 0 Å². The van der Waals surface area contributed by atoms with Crippen molar-refractivity contribution in [3.05, 3.63) is 42.1 Å². The Bertz CT molecular complexity index is 909. The number of carbonyl (C=O) groups is 2. The van der Waals surface area contributed by atoms with Crippen molar-refractivity contribution in [3.63, 3.8) is 0 Å². The molecule has 1 unspecified atom stereocenters. The molecule has 0 bridgehead atoms. The molecule has 31 heavy (non-hydrogen) atoms. The monoisotopic (exact) mass is 451 g/mol. The van der Waals surface area contributed by atoms with E-state index >= 15 is 0 Å². The zero-order valence-corrected chi connectivity index (χ0v) is 19.4. The molecule has 0 amide bonds. The molecule has 172 valence electrons. The first-order valence-electron chi connectivity index (χ1n) is 10.1. The molecule has 8 nitrogen and oxygen atoms in total. The third kappa shape index (κ3) is 10.3. The second kappa shape index (κ2) is 11.6. The number of rotatable bonds is 11. The predicted octanol–water partition coefficient (Wildman–Crippen LogP) is 2.64. The molecule has 1 rings (SSSR count). The van der Waals surface area contributed by atoms with Gasteiger partial charge in [0.15, 0.2) is 15.8 Å². The van der Waals surface area contributed by atoms with Crippen LogP contribution < -0.4 is 11.5 Å². The Morgan fingerprint density at radius 1 is 1.16 bits per heavy atom. The zero-order valence-electron chi connectivity index (χ0n) is 18.6. The largest absolute Gasteiger partial charge is 0.459 e. The average molecular weight is 452 g/mol. The second-order valence-corrected chi connectivity index (χ2v) is 10.4. The van der Waals surface area contributed by atoms with Gasteiger partial charge in [0.05, 0.1) is 10.6 Å². The van der Waals surface area contributed by atoms with Gasteiger partial charge in [0.1, 0.15) is 17.3 Å². The van der Waals surface area contributed by atoms with E-state index in [-0.39, 0.29) is 41.7 Å². The summed E-state index contributed by atoms with van der Waals surface area (Å²) in [5, 5.41) is 0. The Kier molecular flexibility index (Phi) is 9.90. The normalized spacial score (nSPS) is 13.0. The number of aryl methyl sites for hydroxylation is 1. The number of hydrogen-bond donors (Lipinski definition) is 2. The number of guanidine groups is 1. The van der Waals surface area contributed by atoms with Gasteiger partial charge in [-0.3, -0.25) is 9.59 Å². The van der Waals surface area contributed by atoms with Gasteiger partial charge in [-0.2, -0.15) is 0 Å². The van der Waals surface area contributed by atoms with Gasteiger partial charge in [0, 0.05) is 12.6 Å². The van der Waals surface area contributed by atoms with Crippen LogP contribution in [0.3, 0.4) is 0 Å². The number of benzene rings is 1. The van der Waals surface area contributed by atoms with Crippen LogP contribution in [0.1, 0.15) is 52.0 Å². The fourth-order valence-corrected chi connectivity index (χ4v) is 4.07. The van der Waals surface area contributed by atoms with E-state index in [0.29, 0.717) is 6.42 Å². The fourth-order valence-electron chi connectivity index (χ4n) is 2.74. The molecule has 9 heteroatoms. The molecular formula is C22H33N3O5S. The molecule has 0 radical (unpaired) electrons. The van der Waals surface area contributed by atoms with Gasteiger partial charge in [-0.25, -0.2) is 13.4 Å². The standard InChI is InChI=1S/C22H33N3O5S/c1-16-10-12-17(13-11-16)31(28,29)15-7-8-18(20(27)30-22(2,3)4)19(26)9-5-6-14-25-21(23)24/h6,10-14,18H,5,7-9,15H2,1-4H3,(H4,23,24,25). The molecule has 0 heterocycles. The molecule has 0 spiro atoms. The molecule has 0 saturated heterocycles. The SMILES string of the molecule is Cc1ccc(S(=O)(=O)CCCC(C(=O)CCC=CN=C(N)N)C(=O)OC(C)(C)C)cc1. The Hall–Kier alpha value is -2.68. The van der Waals surface area contributed by atoms with Gasteiger partial charge >= 0.3 is 5.97 Å². The summed E-state index contributed by atoms with van der Waals surface area (Å²) in [7, 11) is -3.50. The number of Topliss-reactive ketones (excluding diaryl/α,β-unsaturated/α-hetero) is 1. The van der Waals surface area contributed by atoms with Crippen LogP contribution >= 0.6 is 0 Å². The molecule has 0 aliphatic heterocycles. The van der Waals surface area contributed by atoms with E-state index in [1.807, 2.05) is 6.92 Å². The zero-order chi connectivity index (χ0) is 23.7. The number of allylic oxidation sites excluding steroid dienone is 1. The average Bonchev–Trinajstić information content (AvgIpc) is 2.63.